The fraction of sp³-hybridized carbons (Fsp3) is 0.0476. The smallest absolute Gasteiger partial charge is 0.257 e. The third kappa shape index (κ3) is 5.28. The molecule has 0 aliphatic heterocycles. The zero-order valence-electron chi connectivity index (χ0n) is 15.1. The van der Waals surface area contributed by atoms with Gasteiger partial charge < -0.3 is 11.1 Å². The van der Waals surface area contributed by atoms with Crippen LogP contribution in [-0.2, 0) is 6.42 Å². The molecule has 0 spiro atoms. The second kappa shape index (κ2) is 8.98. The van der Waals surface area contributed by atoms with Gasteiger partial charge in [-0.2, -0.15) is 0 Å². The number of amides is 1. The van der Waals surface area contributed by atoms with E-state index in [0.29, 0.717) is 33.1 Å². The van der Waals surface area contributed by atoms with Crippen molar-refractivity contribution in [3.05, 3.63) is 92.5 Å². The maximum absolute atomic E-state index is 12.7. The number of ketones is 1. The molecule has 3 aromatic rings. The number of pyridine rings is 1. The average molecular weight is 472 g/mol. The van der Waals surface area contributed by atoms with Crippen LogP contribution < -0.4 is 11.1 Å². The normalized spacial score (nSPS) is 10.4. The predicted octanol–water partition coefficient (Wildman–Crippen LogP) is 4.46. The Hall–Kier alpha value is -3.03. The van der Waals surface area contributed by atoms with Gasteiger partial charge in [0.05, 0.1) is 0 Å². The molecule has 0 fully saturated rings. The van der Waals surface area contributed by atoms with E-state index >= 15 is 0 Å². The number of amidine groups is 1. The van der Waals surface area contributed by atoms with Crippen LogP contribution in [0.25, 0.3) is 0 Å². The standard InChI is InChI=1S/C21H16BrClN4O2/c22-15-6-8-19(26-11-15)27-21(29)17-10-16(23)7-5-14(17)9-18(28)12-1-3-13(4-2-12)20(24)25/h1-8,10-11H,9H2,(H3,24,25)(H,26,27,29). The summed E-state index contributed by atoms with van der Waals surface area (Å²) in [5.74, 6) is -0.257. The van der Waals surface area contributed by atoms with Crippen molar-refractivity contribution >= 4 is 50.9 Å². The van der Waals surface area contributed by atoms with Gasteiger partial charge in [-0.15, -0.1) is 0 Å². The second-order valence-electron chi connectivity index (χ2n) is 6.21. The minimum absolute atomic E-state index is 0.0209. The zero-order chi connectivity index (χ0) is 21.0. The number of nitrogen functional groups attached to an aromatic ring is 1. The molecule has 0 saturated carbocycles. The lowest BCUT2D eigenvalue weighted by Crippen LogP contribution is -2.17. The number of rotatable bonds is 6. The first-order valence-corrected chi connectivity index (χ1v) is 9.69. The Bertz CT molecular complexity index is 1080. The molecule has 1 aromatic heterocycles. The zero-order valence-corrected chi connectivity index (χ0v) is 17.4. The summed E-state index contributed by atoms with van der Waals surface area (Å²) in [4.78, 5) is 29.5. The van der Waals surface area contributed by atoms with Gasteiger partial charge >= 0.3 is 0 Å². The Morgan fingerprint density at radius 1 is 1.07 bits per heavy atom. The van der Waals surface area contributed by atoms with Crippen LogP contribution in [0.4, 0.5) is 5.82 Å². The van der Waals surface area contributed by atoms with Gasteiger partial charge in [-0.1, -0.05) is 41.9 Å². The monoisotopic (exact) mass is 470 g/mol. The fourth-order valence-corrected chi connectivity index (χ4v) is 3.06. The van der Waals surface area contributed by atoms with Gasteiger partial charge in [0, 0.05) is 38.8 Å². The molecule has 8 heteroatoms. The molecule has 146 valence electrons. The third-order valence-corrected chi connectivity index (χ3v) is 4.86. The lowest BCUT2D eigenvalue weighted by atomic mass is 9.97. The Morgan fingerprint density at radius 3 is 2.38 bits per heavy atom. The number of aromatic nitrogens is 1. The van der Waals surface area contributed by atoms with Crippen molar-refractivity contribution < 1.29 is 9.59 Å². The molecule has 0 unspecified atom stereocenters. The predicted molar refractivity (Wildman–Crippen MR) is 117 cm³/mol. The average Bonchev–Trinajstić information content (AvgIpc) is 2.71. The molecule has 0 radical (unpaired) electrons. The van der Waals surface area contributed by atoms with Gasteiger partial charge in [0.25, 0.3) is 5.91 Å². The van der Waals surface area contributed by atoms with E-state index in [2.05, 4.69) is 26.2 Å². The third-order valence-electron chi connectivity index (χ3n) is 4.15. The first-order chi connectivity index (χ1) is 13.8. The van der Waals surface area contributed by atoms with Crippen molar-refractivity contribution in [2.75, 3.05) is 5.32 Å². The van der Waals surface area contributed by atoms with E-state index in [9.17, 15) is 9.59 Å². The highest BCUT2D eigenvalue weighted by molar-refractivity contribution is 9.10. The summed E-state index contributed by atoms with van der Waals surface area (Å²) in [5, 5.41) is 10.5. The lowest BCUT2D eigenvalue weighted by Gasteiger charge is -2.11. The van der Waals surface area contributed by atoms with Crippen LogP contribution >= 0.6 is 27.5 Å². The maximum Gasteiger partial charge on any atom is 0.257 e. The summed E-state index contributed by atoms with van der Waals surface area (Å²) < 4.78 is 0.792. The molecule has 3 rings (SSSR count). The van der Waals surface area contributed by atoms with E-state index in [4.69, 9.17) is 22.7 Å². The minimum Gasteiger partial charge on any atom is -0.384 e. The van der Waals surface area contributed by atoms with Gasteiger partial charge in [-0.25, -0.2) is 4.98 Å². The summed E-state index contributed by atoms with van der Waals surface area (Å²) in [6.07, 6.45) is 1.59. The van der Waals surface area contributed by atoms with Gasteiger partial charge in [-0.3, -0.25) is 15.0 Å². The number of benzene rings is 2. The number of nitrogens with zero attached hydrogens (tertiary/aromatic N) is 1. The van der Waals surface area contributed by atoms with Crippen molar-refractivity contribution in [1.82, 2.24) is 4.98 Å². The van der Waals surface area contributed by atoms with E-state index in [0.717, 1.165) is 4.47 Å². The molecule has 29 heavy (non-hydrogen) atoms. The lowest BCUT2D eigenvalue weighted by molar-refractivity contribution is 0.0992. The summed E-state index contributed by atoms with van der Waals surface area (Å²) in [7, 11) is 0. The molecule has 0 bridgehead atoms. The van der Waals surface area contributed by atoms with Gasteiger partial charge in [-0.05, 0) is 45.8 Å². The number of carbonyl (C=O) groups excluding carboxylic acids is 2. The quantitative estimate of drug-likeness (QED) is 0.280. The Labute approximate surface area is 180 Å². The molecule has 4 N–H and O–H groups in total. The van der Waals surface area contributed by atoms with E-state index in [-0.39, 0.29) is 18.0 Å². The van der Waals surface area contributed by atoms with Crippen LogP contribution in [0.3, 0.4) is 0 Å². The van der Waals surface area contributed by atoms with Crippen LogP contribution in [0.2, 0.25) is 5.02 Å². The van der Waals surface area contributed by atoms with Crippen molar-refractivity contribution in [3.8, 4) is 0 Å². The Balaban J connectivity index is 1.82. The van der Waals surface area contributed by atoms with Gasteiger partial charge in [0.1, 0.15) is 11.7 Å². The number of anilines is 1. The van der Waals surface area contributed by atoms with Crippen molar-refractivity contribution in [2.45, 2.75) is 6.42 Å². The molecule has 1 heterocycles. The molecular weight excluding hydrogens is 456 g/mol. The summed E-state index contributed by atoms with van der Waals surface area (Å²) in [6, 6.07) is 14.7. The minimum atomic E-state index is -0.406. The summed E-state index contributed by atoms with van der Waals surface area (Å²) in [6.45, 7) is 0. The summed E-state index contributed by atoms with van der Waals surface area (Å²) in [5.41, 5.74) is 7.28. The van der Waals surface area contributed by atoms with E-state index in [1.54, 1.807) is 54.7 Å². The first-order valence-electron chi connectivity index (χ1n) is 8.52. The number of carbonyl (C=O) groups is 2. The van der Waals surface area contributed by atoms with Crippen LogP contribution in [0.5, 0.6) is 0 Å². The molecule has 0 atom stereocenters. The first kappa shape index (κ1) is 20.7. The Kier molecular flexibility index (Phi) is 6.41. The largest absolute Gasteiger partial charge is 0.384 e. The number of hydrogen-bond donors (Lipinski definition) is 3. The topological polar surface area (TPSA) is 109 Å². The van der Waals surface area contributed by atoms with E-state index in [1.165, 1.54) is 6.07 Å². The molecule has 0 saturated heterocycles. The highest BCUT2D eigenvalue weighted by Crippen LogP contribution is 2.20. The van der Waals surface area contributed by atoms with Crippen molar-refractivity contribution in [3.63, 3.8) is 0 Å². The molecule has 1 amide bonds. The maximum atomic E-state index is 12.7. The number of nitrogens with one attached hydrogen (secondary N) is 2. The Morgan fingerprint density at radius 2 is 1.76 bits per heavy atom. The van der Waals surface area contributed by atoms with Crippen LogP contribution in [0.1, 0.15) is 31.8 Å². The fourth-order valence-electron chi connectivity index (χ4n) is 2.66. The molecule has 0 aliphatic rings. The van der Waals surface area contributed by atoms with E-state index in [1.807, 2.05) is 0 Å². The summed E-state index contributed by atoms with van der Waals surface area (Å²) >= 11 is 9.36. The van der Waals surface area contributed by atoms with Crippen molar-refractivity contribution in [2.24, 2.45) is 5.73 Å². The number of nitrogens with two attached hydrogens (primary N) is 1. The number of hydrogen-bond acceptors (Lipinski definition) is 4. The van der Waals surface area contributed by atoms with Crippen LogP contribution in [0, 0.1) is 5.41 Å². The molecule has 0 aliphatic carbocycles. The van der Waals surface area contributed by atoms with E-state index < -0.39 is 5.91 Å². The van der Waals surface area contributed by atoms with Gasteiger partial charge in [0.2, 0.25) is 0 Å². The number of halogens is 2. The van der Waals surface area contributed by atoms with Crippen LogP contribution in [-0.4, -0.2) is 22.5 Å². The molecule has 6 nitrogen and oxygen atoms in total. The van der Waals surface area contributed by atoms with Gasteiger partial charge in [0.15, 0.2) is 5.78 Å². The second-order valence-corrected chi connectivity index (χ2v) is 7.56. The molecular formula is C21H16BrClN4O2. The van der Waals surface area contributed by atoms with Crippen LogP contribution in [0.15, 0.2) is 65.3 Å². The molecule has 2 aromatic carbocycles. The van der Waals surface area contributed by atoms with Crippen molar-refractivity contribution in [1.29, 1.82) is 5.41 Å². The highest BCUT2D eigenvalue weighted by Gasteiger charge is 2.17. The number of Topliss-reactive ketones (excluding diaryl/α,β-unsaturated/α-hetero) is 1. The SMILES string of the molecule is N=C(N)c1ccc(C(=O)Cc2ccc(Cl)cc2C(=O)Nc2ccc(Br)cn2)cc1. The highest BCUT2D eigenvalue weighted by atomic mass is 79.9.